The Kier molecular flexibility index (Phi) is 3.93. The smallest absolute Gasteiger partial charge is 0.264 e. The Morgan fingerprint density at radius 2 is 2.16 bits per heavy atom. The summed E-state index contributed by atoms with van der Waals surface area (Å²) in [7, 11) is 1.69. The molecule has 0 unspecified atom stereocenters. The van der Waals surface area contributed by atoms with Gasteiger partial charge in [-0.1, -0.05) is 0 Å². The molecule has 7 heteroatoms. The first-order chi connectivity index (χ1) is 12.2. The lowest BCUT2D eigenvalue weighted by Gasteiger charge is -2.11. The third kappa shape index (κ3) is 3.10. The molecule has 0 aromatic carbocycles. The van der Waals surface area contributed by atoms with Gasteiger partial charge >= 0.3 is 0 Å². The van der Waals surface area contributed by atoms with Crippen LogP contribution in [0, 0.1) is 0 Å². The Hall–Kier alpha value is -2.80. The van der Waals surface area contributed by atoms with Crippen LogP contribution in [0.3, 0.4) is 0 Å². The number of aromatic nitrogens is 4. The average molecular weight is 337 g/mol. The number of aliphatic hydroxyl groups is 1. The molecule has 4 rings (SSSR count). The van der Waals surface area contributed by atoms with Crippen LogP contribution in [0.25, 0.3) is 22.2 Å². The van der Waals surface area contributed by atoms with E-state index in [1.54, 1.807) is 13.2 Å². The SMILES string of the molecule is Cn1cnc2cc(-c3ccc(CCO)nc3)nc(NC3CC3)c2c1=O. The van der Waals surface area contributed by atoms with Gasteiger partial charge < -0.3 is 15.0 Å². The minimum atomic E-state index is -0.108. The molecule has 0 bridgehead atoms. The van der Waals surface area contributed by atoms with Crippen LogP contribution in [-0.2, 0) is 13.5 Å². The number of hydrogen-bond donors (Lipinski definition) is 2. The zero-order valence-corrected chi connectivity index (χ0v) is 13.9. The highest BCUT2D eigenvalue weighted by molar-refractivity contribution is 5.91. The number of rotatable bonds is 5. The lowest BCUT2D eigenvalue weighted by Crippen LogP contribution is -2.19. The first-order valence-electron chi connectivity index (χ1n) is 8.35. The molecule has 3 aromatic heterocycles. The highest BCUT2D eigenvalue weighted by atomic mass is 16.3. The van der Waals surface area contributed by atoms with Crippen LogP contribution in [0.2, 0.25) is 0 Å². The van der Waals surface area contributed by atoms with E-state index in [1.807, 2.05) is 18.2 Å². The van der Waals surface area contributed by atoms with Crippen molar-refractivity contribution in [1.29, 1.82) is 0 Å². The largest absolute Gasteiger partial charge is 0.396 e. The lowest BCUT2D eigenvalue weighted by atomic mass is 10.1. The van der Waals surface area contributed by atoms with Crippen LogP contribution < -0.4 is 10.9 Å². The number of nitrogens with zero attached hydrogens (tertiary/aromatic N) is 4. The molecule has 0 saturated heterocycles. The van der Waals surface area contributed by atoms with Gasteiger partial charge in [-0.05, 0) is 31.0 Å². The van der Waals surface area contributed by atoms with E-state index in [-0.39, 0.29) is 12.2 Å². The van der Waals surface area contributed by atoms with Crippen molar-refractivity contribution in [2.45, 2.75) is 25.3 Å². The summed E-state index contributed by atoms with van der Waals surface area (Å²) in [5.41, 5.74) is 2.92. The molecule has 128 valence electrons. The van der Waals surface area contributed by atoms with E-state index in [2.05, 4.69) is 20.3 Å². The molecule has 1 fully saturated rings. The van der Waals surface area contributed by atoms with Gasteiger partial charge in [-0.15, -0.1) is 0 Å². The average Bonchev–Trinajstić information content (AvgIpc) is 3.43. The summed E-state index contributed by atoms with van der Waals surface area (Å²) in [5.74, 6) is 0.586. The van der Waals surface area contributed by atoms with E-state index in [0.29, 0.717) is 29.2 Å². The minimum absolute atomic E-state index is 0.0727. The van der Waals surface area contributed by atoms with Crippen molar-refractivity contribution in [2.75, 3.05) is 11.9 Å². The second-order valence-electron chi connectivity index (χ2n) is 6.34. The molecular weight excluding hydrogens is 318 g/mol. The number of hydrogen-bond acceptors (Lipinski definition) is 6. The number of anilines is 1. The summed E-state index contributed by atoms with van der Waals surface area (Å²) < 4.78 is 1.47. The monoisotopic (exact) mass is 337 g/mol. The summed E-state index contributed by atoms with van der Waals surface area (Å²) in [6.07, 6.45) is 5.97. The van der Waals surface area contributed by atoms with Crippen LogP contribution in [0.15, 0.2) is 35.5 Å². The van der Waals surface area contributed by atoms with Gasteiger partial charge in [0.05, 0.1) is 17.5 Å². The predicted octanol–water partition coefficient (Wildman–Crippen LogP) is 1.50. The van der Waals surface area contributed by atoms with Crippen LogP contribution in [0.1, 0.15) is 18.5 Å². The van der Waals surface area contributed by atoms with Crippen molar-refractivity contribution in [3.63, 3.8) is 0 Å². The number of aryl methyl sites for hydroxylation is 1. The van der Waals surface area contributed by atoms with Crippen molar-refractivity contribution in [2.24, 2.45) is 7.05 Å². The van der Waals surface area contributed by atoms with E-state index in [9.17, 15) is 4.79 Å². The maximum absolute atomic E-state index is 12.5. The second kappa shape index (κ2) is 6.25. The fourth-order valence-corrected chi connectivity index (χ4v) is 2.73. The minimum Gasteiger partial charge on any atom is -0.396 e. The Bertz CT molecular complexity index is 977. The summed E-state index contributed by atoms with van der Waals surface area (Å²) in [6.45, 7) is 0.0727. The van der Waals surface area contributed by atoms with Gasteiger partial charge in [-0.25, -0.2) is 9.97 Å². The van der Waals surface area contributed by atoms with Crippen molar-refractivity contribution >= 4 is 16.7 Å². The van der Waals surface area contributed by atoms with Gasteiger partial charge in [0.25, 0.3) is 5.56 Å². The molecule has 2 N–H and O–H groups in total. The first kappa shape index (κ1) is 15.7. The molecule has 3 aromatic rings. The van der Waals surface area contributed by atoms with Crippen molar-refractivity contribution < 1.29 is 5.11 Å². The maximum Gasteiger partial charge on any atom is 0.264 e. The van der Waals surface area contributed by atoms with Gasteiger partial charge in [0.1, 0.15) is 11.2 Å². The fourth-order valence-electron chi connectivity index (χ4n) is 2.73. The number of aliphatic hydroxyl groups excluding tert-OH is 1. The van der Waals surface area contributed by atoms with E-state index >= 15 is 0 Å². The van der Waals surface area contributed by atoms with E-state index < -0.39 is 0 Å². The predicted molar refractivity (Wildman–Crippen MR) is 95.4 cm³/mol. The van der Waals surface area contributed by atoms with Crippen LogP contribution in [0.4, 0.5) is 5.82 Å². The summed E-state index contributed by atoms with van der Waals surface area (Å²) in [6, 6.07) is 6.00. The topological polar surface area (TPSA) is 92.9 Å². The molecule has 1 aliphatic carbocycles. The molecule has 1 aliphatic rings. The Morgan fingerprint density at radius 3 is 2.84 bits per heavy atom. The molecule has 0 radical (unpaired) electrons. The molecule has 3 heterocycles. The van der Waals surface area contributed by atoms with Gasteiger partial charge in [0, 0.05) is 43.6 Å². The van der Waals surface area contributed by atoms with Crippen molar-refractivity contribution in [3.05, 3.63) is 46.8 Å². The van der Waals surface area contributed by atoms with E-state index in [0.717, 1.165) is 29.8 Å². The molecule has 0 atom stereocenters. The van der Waals surface area contributed by atoms with Gasteiger partial charge in [0.2, 0.25) is 0 Å². The van der Waals surface area contributed by atoms with E-state index in [4.69, 9.17) is 5.11 Å². The number of nitrogens with one attached hydrogen (secondary N) is 1. The zero-order chi connectivity index (χ0) is 17.4. The fraction of sp³-hybridized carbons (Fsp3) is 0.333. The van der Waals surface area contributed by atoms with E-state index in [1.165, 1.54) is 10.9 Å². The Labute approximate surface area is 144 Å². The number of fused-ring (bicyclic) bond motifs is 1. The molecule has 0 aliphatic heterocycles. The highest BCUT2D eigenvalue weighted by Gasteiger charge is 2.24. The molecule has 0 spiro atoms. The normalized spacial score (nSPS) is 14.0. The zero-order valence-electron chi connectivity index (χ0n) is 13.9. The maximum atomic E-state index is 12.5. The Morgan fingerprint density at radius 1 is 1.32 bits per heavy atom. The van der Waals surface area contributed by atoms with Crippen molar-refractivity contribution in [1.82, 2.24) is 19.5 Å². The molecular formula is C18H19N5O2. The lowest BCUT2D eigenvalue weighted by molar-refractivity contribution is 0.298. The Balaban J connectivity index is 1.84. The molecule has 25 heavy (non-hydrogen) atoms. The summed E-state index contributed by atoms with van der Waals surface area (Å²) in [5, 5.41) is 12.9. The van der Waals surface area contributed by atoms with Crippen LogP contribution in [0.5, 0.6) is 0 Å². The quantitative estimate of drug-likeness (QED) is 0.733. The van der Waals surface area contributed by atoms with Crippen LogP contribution in [-0.4, -0.2) is 37.3 Å². The third-order valence-electron chi connectivity index (χ3n) is 4.31. The first-order valence-corrected chi connectivity index (χ1v) is 8.35. The molecule has 0 amide bonds. The van der Waals surface area contributed by atoms with Crippen LogP contribution >= 0.6 is 0 Å². The number of pyridine rings is 2. The second-order valence-corrected chi connectivity index (χ2v) is 6.34. The standard InChI is InChI=1S/C18H19N5O2/c1-23-10-20-15-8-14(11-2-3-12(6-7-24)19-9-11)22-17(16(15)18(23)25)21-13-4-5-13/h2-3,8-10,13,24H,4-7H2,1H3,(H,21,22). The molecule has 1 saturated carbocycles. The molecule has 7 nitrogen and oxygen atoms in total. The third-order valence-corrected chi connectivity index (χ3v) is 4.31. The van der Waals surface area contributed by atoms with Crippen molar-refractivity contribution in [3.8, 4) is 11.3 Å². The highest BCUT2D eigenvalue weighted by Crippen LogP contribution is 2.29. The summed E-state index contributed by atoms with van der Waals surface area (Å²) >= 11 is 0. The van der Waals surface area contributed by atoms with Gasteiger partial charge in [-0.2, -0.15) is 0 Å². The van der Waals surface area contributed by atoms with Gasteiger partial charge in [0.15, 0.2) is 0 Å². The summed E-state index contributed by atoms with van der Waals surface area (Å²) in [4.78, 5) is 25.9. The van der Waals surface area contributed by atoms with Gasteiger partial charge in [-0.3, -0.25) is 9.78 Å².